The Morgan fingerprint density at radius 3 is 2.41 bits per heavy atom. The molecule has 0 radical (unpaired) electrons. The maximum Gasteiger partial charge on any atom is 0.216 e. The van der Waals surface area contributed by atoms with Gasteiger partial charge in [-0.2, -0.15) is 14.9 Å². The molecule has 0 unspecified atom stereocenters. The van der Waals surface area contributed by atoms with E-state index in [2.05, 4.69) is 31.2 Å². The first kappa shape index (κ1) is 19.1. The molecular weight excluding hydrogens is 432 g/mol. The van der Waals surface area contributed by atoms with Crippen LogP contribution in [-0.4, -0.2) is 42.4 Å². The molecule has 27 heavy (non-hydrogen) atoms. The molecule has 1 N–H and O–H groups in total. The molecule has 0 fully saturated rings. The molecule has 0 saturated carbocycles. The van der Waals surface area contributed by atoms with Gasteiger partial charge in [-0.1, -0.05) is 28.1 Å². The summed E-state index contributed by atoms with van der Waals surface area (Å²) in [6, 6.07) is 11.2. The van der Waals surface area contributed by atoms with E-state index < -0.39 is 0 Å². The number of methoxy groups -OCH3 is 3. The van der Waals surface area contributed by atoms with E-state index in [0.717, 1.165) is 10.0 Å². The number of aromatic amines is 1. The summed E-state index contributed by atoms with van der Waals surface area (Å²) in [4.78, 5) is 0. The lowest BCUT2D eigenvalue weighted by Crippen LogP contribution is -1.99. The second-order valence-electron chi connectivity index (χ2n) is 5.34. The van der Waals surface area contributed by atoms with E-state index in [4.69, 9.17) is 26.4 Å². The van der Waals surface area contributed by atoms with Crippen LogP contribution < -0.4 is 14.2 Å². The van der Waals surface area contributed by atoms with E-state index in [1.165, 1.54) is 0 Å². The molecule has 0 saturated heterocycles. The molecule has 0 bridgehead atoms. The first-order chi connectivity index (χ1) is 13.1. The zero-order valence-corrected chi connectivity index (χ0v) is 17.3. The van der Waals surface area contributed by atoms with Crippen molar-refractivity contribution in [2.75, 3.05) is 21.3 Å². The van der Waals surface area contributed by atoms with Crippen LogP contribution in [0.5, 0.6) is 17.2 Å². The molecule has 0 aliphatic carbocycles. The standard InChI is InChI=1S/C18H17BrN4O3S/c1-24-14-9-16(26-3)15(25-2)8-11(14)10-20-23-17(21-22-18(23)27)12-6-4-5-7-13(12)19/h4-10H,1-3H3,(H,22,27)/b20-10+. The summed E-state index contributed by atoms with van der Waals surface area (Å²) in [7, 11) is 4.72. The van der Waals surface area contributed by atoms with E-state index in [-0.39, 0.29) is 0 Å². The number of halogens is 1. The lowest BCUT2D eigenvalue weighted by molar-refractivity contribution is 0.349. The number of ether oxygens (including phenoxy) is 3. The zero-order valence-electron chi connectivity index (χ0n) is 14.9. The number of hydrogen-bond acceptors (Lipinski definition) is 6. The minimum Gasteiger partial charge on any atom is -0.496 e. The van der Waals surface area contributed by atoms with Gasteiger partial charge in [0.2, 0.25) is 4.77 Å². The van der Waals surface area contributed by atoms with Crippen molar-refractivity contribution in [1.82, 2.24) is 14.9 Å². The Morgan fingerprint density at radius 1 is 1.07 bits per heavy atom. The van der Waals surface area contributed by atoms with Crippen LogP contribution in [0.2, 0.25) is 0 Å². The molecule has 0 aliphatic heterocycles. The highest BCUT2D eigenvalue weighted by atomic mass is 79.9. The van der Waals surface area contributed by atoms with Crippen LogP contribution in [0, 0.1) is 4.77 Å². The topological polar surface area (TPSA) is 73.7 Å². The molecule has 0 aliphatic rings. The number of nitrogens with one attached hydrogen (secondary N) is 1. The van der Waals surface area contributed by atoms with Gasteiger partial charge < -0.3 is 14.2 Å². The van der Waals surface area contributed by atoms with Crippen molar-refractivity contribution in [1.29, 1.82) is 0 Å². The smallest absolute Gasteiger partial charge is 0.216 e. The van der Waals surface area contributed by atoms with Crippen LogP contribution in [0.1, 0.15) is 5.56 Å². The van der Waals surface area contributed by atoms with Gasteiger partial charge in [-0.25, -0.2) is 5.10 Å². The van der Waals surface area contributed by atoms with Crippen LogP contribution in [0.4, 0.5) is 0 Å². The summed E-state index contributed by atoms with van der Waals surface area (Å²) in [5.41, 5.74) is 1.57. The summed E-state index contributed by atoms with van der Waals surface area (Å²) < 4.78 is 18.9. The van der Waals surface area contributed by atoms with Crippen molar-refractivity contribution in [3.63, 3.8) is 0 Å². The Balaban J connectivity index is 2.07. The van der Waals surface area contributed by atoms with Gasteiger partial charge in [0.05, 0.1) is 27.5 Å². The normalized spacial score (nSPS) is 11.0. The molecule has 0 atom stereocenters. The Morgan fingerprint density at radius 2 is 1.74 bits per heavy atom. The largest absolute Gasteiger partial charge is 0.496 e. The second-order valence-corrected chi connectivity index (χ2v) is 6.58. The zero-order chi connectivity index (χ0) is 19.4. The maximum absolute atomic E-state index is 5.43. The fourth-order valence-corrected chi connectivity index (χ4v) is 3.13. The first-order valence-electron chi connectivity index (χ1n) is 7.85. The summed E-state index contributed by atoms with van der Waals surface area (Å²) in [6.45, 7) is 0. The monoisotopic (exact) mass is 448 g/mol. The van der Waals surface area contributed by atoms with E-state index in [9.17, 15) is 0 Å². The predicted octanol–water partition coefficient (Wildman–Crippen LogP) is 4.28. The fraction of sp³-hybridized carbons (Fsp3) is 0.167. The summed E-state index contributed by atoms with van der Waals surface area (Å²) in [5.74, 6) is 2.32. The molecule has 9 heteroatoms. The molecule has 2 aromatic carbocycles. The summed E-state index contributed by atoms with van der Waals surface area (Å²) >= 11 is 8.85. The number of nitrogens with zero attached hydrogens (tertiary/aromatic N) is 3. The van der Waals surface area contributed by atoms with Gasteiger partial charge in [0.25, 0.3) is 0 Å². The van der Waals surface area contributed by atoms with E-state index in [1.54, 1.807) is 44.4 Å². The Kier molecular flexibility index (Phi) is 5.92. The Bertz CT molecular complexity index is 1050. The average molecular weight is 449 g/mol. The maximum atomic E-state index is 5.43. The van der Waals surface area contributed by atoms with Gasteiger partial charge in [0, 0.05) is 21.7 Å². The third-order valence-corrected chi connectivity index (χ3v) is 4.77. The minimum absolute atomic E-state index is 0.372. The molecule has 0 spiro atoms. The molecule has 1 heterocycles. The van der Waals surface area contributed by atoms with Crippen molar-refractivity contribution in [2.45, 2.75) is 0 Å². The second kappa shape index (κ2) is 8.36. The number of H-pyrrole nitrogens is 1. The van der Waals surface area contributed by atoms with E-state index >= 15 is 0 Å². The van der Waals surface area contributed by atoms with E-state index in [0.29, 0.717) is 33.4 Å². The van der Waals surface area contributed by atoms with Crippen LogP contribution in [-0.2, 0) is 0 Å². The van der Waals surface area contributed by atoms with Gasteiger partial charge in [-0.05, 0) is 30.4 Å². The lowest BCUT2D eigenvalue weighted by Gasteiger charge is -2.11. The molecular formula is C18H17BrN4O3S. The number of benzene rings is 2. The average Bonchev–Trinajstić information content (AvgIpc) is 3.06. The summed E-state index contributed by atoms with van der Waals surface area (Å²) in [6.07, 6.45) is 1.63. The SMILES string of the molecule is COc1cc(OC)c(OC)cc1/C=N/n1c(-c2ccccc2Br)n[nH]c1=S. The minimum atomic E-state index is 0.372. The molecule has 0 amide bonds. The molecule has 3 aromatic rings. The van der Waals surface area contributed by atoms with Crippen molar-refractivity contribution in [2.24, 2.45) is 5.10 Å². The highest BCUT2D eigenvalue weighted by molar-refractivity contribution is 9.10. The van der Waals surface area contributed by atoms with Crippen LogP contribution in [0.3, 0.4) is 0 Å². The van der Waals surface area contributed by atoms with Crippen molar-refractivity contribution in [3.05, 3.63) is 51.2 Å². The van der Waals surface area contributed by atoms with Crippen molar-refractivity contribution >= 4 is 34.4 Å². The number of rotatable bonds is 6. The summed E-state index contributed by atoms with van der Waals surface area (Å²) in [5, 5.41) is 11.6. The van der Waals surface area contributed by atoms with Crippen LogP contribution >= 0.6 is 28.1 Å². The third kappa shape index (κ3) is 3.88. The predicted molar refractivity (Wildman–Crippen MR) is 110 cm³/mol. The first-order valence-corrected chi connectivity index (χ1v) is 9.05. The highest BCUT2D eigenvalue weighted by Crippen LogP contribution is 2.34. The number of aromatic nitrogens is 3. The van der Waals surface area contributed by atoms with Crippen LogP contribution in [0.25, 0.3) is 11.4 Å². The van der Waals surface area contributed by atoms with Crippen LogP contribution in [0.15, 0.2) is 46.0 Å². The van der Waals surface area contributed by atoms with Crippen molar-refractivity contribution in [3.8, 4) is 28.6 Å². The quantitative estimate of drug-likeness (QED) is 0.449. The van der Waals surface area contributed by atoms with Gasteiger partial charge in [-0.3, -0.25) is 0 Å². The Hall–Kier alpha value is -2.65. The number of hydrogen-bond donors (Lipinski definition) is 1. The molecule has 1 aromatic heterocycles. The third-order valence-electron chi connectivity index (χ3n) is 3.81. The fourth-order valence-electron chi connectivity index (χ4n) is 2.49. The lowest BCUT2D eigenvalue weighted by atomic mass is 10.2. The Labute approximate surface area is 169 Å². The molecule has 140 valence electrons. The van der Waals surface area contributed by atoms with Gasteiger partial charge in [0.15, 0.2) is 17.3 Å². The van der Waals surface area contributed by atoms with Gasteiger partial charge in [0.1, 0.15) is 5.75 Å². The van der Waals surface area contributed by atoms with Gasteiger partial charge in [-0.15, -0.1) is 0 Å². The highest BCUT2D eigenvalue weighted by Gasteiger charge is 2.13. The van der Waals surface area contributed by atoms with E-state index in [1.807, 2.05) is 24.3 Å². The molecule has 3 rings (SSSR count). The van der Waals surface area contributed by atoms with Gasteiger partial charge >= 0.3 is 0 Å². The van der Waals surface area contributed by atoms with Crippen molar-refractivity contribution < 1.29 is 14.2 Å². The molecule has 7 nitrogen and oxygen atoms in total.